The number of rotatable bonds is 6. The molecule has 0 aliphatic heterocycles. The van der Waals surface area contributed by atoms with Gasteiger partial charge in [-0.05, 0) is 58.8 Å². The first-order valence-corrected chi connectivity index (χ1v) is 7.99. The molecule has 1 atom stereocenters. The third-order valence-corrected chi connectivity index (χ3v) is 4.35. The van der Waals surface area contributed by atoms with Gasteiger partial charge >= 0.3 is 0 Å². The number of hydrogen-bond acceptors (Lipinski definition) is 2. The van der Waals surface area contributed by atoms with E-state index in [9.17, 15) is 9.18 Å². The Bertz CT molecular complexity index is 465. The maximum Gasteiger partial charge on any atom is 0.224 e. The molecule has 0 spiro atoms. The van der Waals surface area contributed by atoms with E-state index in [0.29, 0.717) is 23.4 Å². The fourth-order valence-electron chi connectivity index (χ4n) is 2.34. The van der Waals surface area contributed by atoms with Crippen molar-refractivity contribution in [3.63, 3.8) is 0 Å². The number of hydrogen-bond donors (Lipinski definition) is 2. The summed E-state index contributed by atoms with van der Waals surface area (Å²) in [4.78, 5) is 12.0. The molecule has 0 aliphatic rings. The summed E-state index contributed by atoms with van der Waals surface area (Å²) < 4.78 is 14.2. The van der Waals surface area contributed by atoms with Crippen molar-refractivity contribution in [2.75, 3.05) is 11.9 Å². The largest absolute Gasteiger partial charge is 0.330 e. The van der Waals surface area contributed by atoms with Crippen LogP contribution in [-0.4, -0.2) is 12.5 Å². The van der Waals surface area contributed by atoms with Crippen molar-refractivity contribution in [2.24, 2.45) is 17.1 Å². The van der Waals surface area contributed by atoms with Gasteiger partial charge in [-0.25, -0.2) is 4.39 Å². The Hall–Kier alpha value is -0.940. The SMILES string of the molecule is CC(C)(C)C(CCN)CCC(=O)Nc1c(F)cccc1Br. The lowest BCUT2D eigenvalue weighted by atomic mass is 9.76. The summed E-state index contributed by atoms with van der Waals surface area (Å²) in [6.45, 7) is 7.07. The Kier molecular flexibility index (Phi) is 6.81. The molecule has 0 aromatic heterocycles. The van der Waals surface area contributed by atoms with Crippen molar-refractivity contribution in [1.82, 2.24) is 0 Å². The number of para-hydroxylation sites is 1. The van der Waals surface area contributed by atoms with Crippen LogP contribution in [0.4, 0.5) is 10.1 Å². The average molecular weight is 359 g/mol. The maximum atomic E-state index is 13.7. The highest BCUT2D eigenvalue weighted by Crippen LogP contribution is 2.32. The van der Waals surface area contributed by atoms with Crippen LogP contribution in [0.3, 0.4) is 0 Å². The second-order valence-electron chi connectivity index (χ2n) is 6.32. The van der Waals surface area contributed by atoms with Crippen LogP contribution in [0.5, 0.6) is 0 Å². The molecule has 1 rings (SSSR count). The van der Waals surface area contributed by atoms with E-state index < -0.39 is 5.82 Å². The molecule has 21 heavy (non-hydrogen) atoms. The minimum atomic E-state index is -0.438. The van der Waals surface area contributed by atoms with E-state index in [0.717, 1.165) is 12.8 Å². The van der Waals surface area contributed by atoms with E-state index in [1.54, 1.807) is 12.1 Å². The maximum absolute atomic E-state index is 13.7. The van der Waals surface area contributed by atoms with E-state index in [1.165, 1.54) is 6.07 Å². The predicted octanol–water partition coefficient (Wildman–Crippen LogP) is 4.32. The lowest BCUT2D eigenvalue weighted by molar-refractivity contribution is -0.116. The Morgan fingerprint density at radius 3 is 2.57 bits per heavy atom. The van der Waals surface area contributed by atoms with Crippen LogP contribution < -0.4 is 11.1 Å². The topological polar surface area (TPSA) is 55.1 Å². The number of carbonyl (C=O) groups excluding carboxylic acids is 1. The molecule has 0 bridgehead atoms. The van der Waals surface area contributed by atoms with Crippen LogP contribution in [0.25, 0.3) is 0 Å². The molecule has 1 aromatic rings. The van der Waals surface area contributed by atoms with Crippen LogP contribution in [0.15, 0.2) is 22.7 Å². The van der Waals surface area contributed by atoms with E-state index in [1.807, 2.05) is 0 Å². The van der Waals surface area contributed by atoms with Crippen LogP contribution in [0, 0.1) is 17.2 Å². The molecule has 3 N–H and O–H groups in total. The van der Waals surface area contributed by atoms with Gasteiger partial charge in [-0.3, -0.25) is 4.79 Å². The average Bonchev–Trinajstić information content (AvgIpc) is 2.37. The fraction of sp³-hybridized carbons (Fsp3) is 0.562. The van der Waals surface area contributed by atoms with Crippen molar-refractivity contribution >= 4 is 27.5 Å². The first-order chi connectivity index (χ1) is 9.75. The van der Waals surface area contributed by atoms with Gasteiger partial charge in [0.1, 0.15) is 5.82 Å². The second-order valence-corrected chi connectivity index (χ2v) is 7.18. The number of nitrogens with one attached hydrogen (secondary N) is 1. The normalized spacial score (nSPS) is 13.0. The number of anilines is 1. The number of carbonyl (C=O) groups is 1. The lowest BCUT2D eigenvalue weighted by Crippen LogP contribution is -2.25. The van der Waals surface area contributed by atoms with Gasteiger partial charge in [0, 0.05) is 10.9 Å². The molecule has 118 valence electrons. The van der Waals surface area contributed by atoms with E-state index in [-0.39, 0.29) is 17.0 Å². The summed E-state index contributed by atoms with van der Waals surface area (Å²) >= 11 is 3.24. The Balaban J connectivity index is 2.61. The highest BCUT2D eigenvalue weighted by atomic mass is 79.9. The van der Waals surface area contributed by atoms with Gasteiger partial charge < -0.3 is 11.1 Å². The molecule has 0 saturated carbocycles. The first-order valence-electron chi connectivity index (χ1n) is 7.19. The van der Waals surface area contributed by atoms with Gasteiger partial charge in [-0.15, -0.1) is 0 Å². The molecular formula is C16H24BrFN2O. The van der Waals surface area contributed by atoms with Gasteiger partial charge in [0.2, 0.25) is 5.91 Å². The summed E-state index contributed by atoms with van der Waals surface area (Å²) in [5.41, 5.74) is 5.95. The summed E-state index contributed by atoms with van der Waals surface area (Å²) in [5, 5.41) is 2.64. The van der Waals surface area contributed by atoms with Crippen molar-refractivity contribution < 1.29 is 9.18 Å². The molecule has 3 nitrogen and oxygen atoms in total. The smallest absolute Gasteiger partial charge is 0.224 e. The summed E-state index contributed by atoms with van der Waals surface area (Å²) in [7, 11) is 0. The molecule has 1 unspecified atom stereocenters. The fourth-order valence-corrected chi connectivity index (χ4v) is 2.78. The number of amides is 1. The van der Waals surface area contributed by atoms with Crippen molar-refractivity contribution in [1.29, 1.82) is 0 Å². The zero-order valence-corrected chi connectivity index (χ0v) is 14.5. The number of nitrogens with two attached hydrogens (primary N) is 1. The Labute approximate surface area is 134 Å². The number of benzene rings is 1. The molecule has 0 aliphatic carbocycles. The molecule has 0 saturated heterocycles. The standard InChI is InChI=1S/C16H24BrFN2O/c1-16(2,3)11(9-10-19)7-8-14(21)20-15-12(17)5-4-6-13(15)18/h4-6,11H,7-10,19H2,1-3H3,(H,20,21). The van der Waals surface area contributed by atoms with Crippen LogP contribution in [0.2, 0.25) is 0 Å². The number of halogens is 2. The highest BCUT2D eigenvalue weighted by molar-refractivity contribution is 9.10. The van der Waals surface area contributed by atoms with Gasteiger partial charge in [0.25, 0.3) is 0 Å². The van der Waals surface area contributed by atoms with Crippen LogP contribution in [0.1, 0.15) is 40.0 Å². The third-order valence-electron chi connectivity index (χ3n) is 3.69. The highest BCUT2D eigenvalue weighted by Gasteiger charge is 2.24. The zero-order valence-electron chi connectivity index (χ0n) is 12.9. The van der Waals surface area contributed by atoms with Gasteiger partial charge in [-0.2, -0.15) is 0 Å². The molecule has 0 radical (unpaired) electrons. The zero-order chi connectivity index (χ0) is 16.0. The minimum absolute atomic E-state index is 0.109. The summed E-state index contributed by atoms with van der Waals surface area (Å²) in [6.07, 6.45) is 2.00. The minimum Gasteiger partial charge on any atom is -0.330 e. The van der Waals surface area contributed by atoms with Crippen LogP contribution >= 0.6 is 15.9 Å². The molecule has 0 fully saturated rings. The molecular weight excluding hydrogens is 335 g/mol. The van der Waals surface area contributed by atoms with E-state index in [2.05, 4.69) is 42.0 Å². The Morgan fingerprint density at radius 1 is 1.38 bits per heavy atom. The van der Waals surface area contributed by atoms with E-state index >= 15 is 0 Å². The molecule has 1 aromatic carbocycles. The molecule has 1 amide bonds. The Morgan fingerprint density at radius 2 is 2.05 bits per heavy atom. The third kappa shape index (κ3) is 5.75. The summed E-state index contributed by atoms with van der Waals surface area (Å²) in [5.74, 6) is -0.239. The summed E-state index contributed by atoms with van der Waals surface area (Å²) in [6, 6.07) is 4.61. The second kappa shape index (κ2) is 7.90. The van der Waals surface area contributed by atoms with Crippen LogP contribution in [-0.2, 0) is 4.79 Å². The lowest BCUT2D eigenvalue weighted by Gasteiger charge is -2.30. The van der Waals surface area contributed by atoms with Crippen molar-refractivity contribution in [2.45, 2.75) is 40.0 Å². The first kappa shape index (κ1) is 18.1. The van der Waals surface area contributed by atoms with E-state index in [4.69, 9.17) is 5.73 Å². The molecule has 5 heteroatoms. The monoisotopic (exact) mass is 358 g/mol. The van der Waals surface area contributed by atoms with Gasteiger partial charge in [-0.1, -0.05) is 26.8 Å². The van der Waals surface area contributed by atoms with Crippen molar-refractivity contribution in [3.05, 3.63) is 28.5 Å². The molecule has 0 heterocycles. The predicted molar refractivity (Wildman–Crippen MR) is 88.6 cm³/mol. The van der Waals surface area contributed by atoms with Gasteiger partial charge in [0.15, 0.2) is 0 Å². The van der Waals surface area contributed by atoms with Crippen molar-refractivity contribution in [3.8, 4) is 0 Å². The quantitative estimate of drug-likeness (QED) is 0.795. The van der Waals surface area contributed by atoms with Gasteiger partial charge in [0.05, 0.1) is 5.69 Å².